The van der Waals surface area contributed by atoms with E-state index < -0.39 is 17.1 Å². The standard InChI is InChI=1S/C24H16ClNO7S/c1-12-15(3-2-4-16(12)23(28)29)18-6-5-14(33-18)8-21-22(27)26(24(30)34-21)10-13-7-19-20(9-17(13)25)32-11-31-19/h2-9H,10-11H2,1H3,(H,28,29)/b21-8+. The van der Waals surface area contributed by atoms with Crippen LogP contribution in [0.3, 0.4) is 0 Å². The Morgan fingerprint density at radius 1 is 1.18 bits per heavy atom. The van der Waals surface area contributed by atoms with Gasteiger partial charge in [-0.05, 0) is 54.1 Å². The normalized spacial score (nSPS) is 16.1. The van der Waals surface area contributed by atoms with E-state index in [9.17, 15) is 19.5 Å². The summed E-state index contributed by atoms with van der Waals surface area (Å²) < 4.78 is 16.5. The van der Waals surface area contributed by atoms with Crippen LogP contribution < -0.4 is 9.47 Å². The van der Waals surface area contributed by atoms with Gasteiger partial charge in [-0.25, -0.2) is 4.79 Å². The van der Waals surface area contributed by atoms with Crippen LogP contribution in [0.4, 0.5) is 4.79 Å². The fraction of sp³-hybridized carbons (Fsp3) is 0.125. The molecule has 8 nitrogen and oxygen atoms in total. The first kappa shape index (κ1) is 22.1. The lowest BCUT2D eigenvalue weighted by atomic mass is 10.0. The first-order valence-electron chi connectivity index (χ1n) is 10.1. The minimum absolute atomic E-state index is 0.0118. The highest BCUT2D eigenvalue weighted by Crippen LogP contribution is 2.39. The van der Waals surface area contributed by atoms with E-state index in [0.717, 1.165) is 16.7 Å². The van der Waals surface area contributed by atoms with E-state index >= 15 is 0 Å². The Morgan fingerprint density at radius 2 is 1.94 bits per heavy atom. The van der Waals surface area contributed by atoms with E-state index in [2.05, 4.69) is 0 Å². The Bertz CT molecular complexity index is 1390. The van der Waals surface area contributed by atoms with Gasteiger partial charge in [-0.2, -0.15) is 0 Å². The zero-order valence-electron chi connectivity index (χ0n) is 17.7. The minimum atomic E-state index is -1.03. The van der Waals surface area contributed by atoms with Crippen molar-refractivity contribution in [2.45, 2.75) is 13.5 Å². The molecule has 1 saturated heterocycles. The number of rotatable bonds is 5. The molecule has 5 rings (SSSR count). The van der Waals surface area contributed by atoms with E-state index in [1.807, 2.05) is 0 Å². The number of nitrogens with zero attached hydrogens (tertiary/aromatic N) is 1. The second kappa shape index (κ2) is 8.58. The number of furan rings is 1. The quantitative estimate of drug-likeness (QED) is 0.456. The van der Waals surface area contributed by atoms with Crippen LogP contribution in [0.1, 0.15) is 27.2 Å². The van der Waals surface area contributed by atoms with Gasteiger partial charge in [0.05, 0.1) is 17.0 Å². The number of ether oxygens (including phenoxy) is 2. The maximum absolute atomic E-state index is 12.9. The second-order valence-corrected chi connectivity index (χ2v) is 8.95. The third kappa shape index (κ3) is 3.93. The number of benzene rings is 2. The van der Waals surface area contributed by atoms with Gasteiger partial charge in [-0.1, -0.05) is 23.7 Å². The number of carbonyl (C=O) groups excluding carboxylic acids is 2. The maximum atomic E-state index is 12.9. The maximum Gasteiger partial charge on any atom is 0.335 e. The molecule has 0 bridgehead atoms. The van der Waals surface area contributed by atoms with Crippen LogP contribution in [0, 0.1) is 6.92 Å². The highest BCUT2D eigenvalue weighted by molar-refractivity contribution is 8.18. The van der Waals surface area contributed by atoms with E-state index in [1.165, 1.54) is 12.1 Å². The van der Waals surface area contributed by atoms with Crippen LogP contribution in [0.5, 0.6) is 11.5 Å². The number of imide groups is 1. The molecule has 0 unspecified atom stereocenters. The summed E-state index contributed by atoms with van der Waals surface area (Å²) in [5.74, 6) is 0.348. The fourth-order valence-corrected chi connectivity index (χ4v) is 4.76. The van der Waals surface area contributed by atoms with Crippen LogP contribution >= 0.6 is 23.4 Å². The number of carboxylic acid groups (broad SMARTS) is 1. The Morgan fingerprint density at radius 3 is 2.71 bits per heavy atom. The summed E-state index contributed by atoms with van der Waals surface area (Å²) in [5.41, 5.74) is 1.93. The molecule has 172 valence electrons. The van der Waals surface area contributed by atoms with Gasteiger partial charge in [0.1, 0.15) is 11.5 Å². The Balaban J connectivity index is 1.38. The average molecular weight is 498 g/mol. The molecule has 3 heterocycles. The lowest BCUT2D eigenvalue weighted by Gasteiger charge is -2.14. The Hall–Kier alpha value is -3.69. The molecule has 1 aromatic heterocycles. The van der Waals surface area contributed by atoms with Gasteiger partial charge >= 0.3 is 5.97 Å². The van der Waals surface area contributed by atoms with Crippen molar-refractivity contribution >= 4 is 46.6 Å². The van der Waals surface area contributed by atoms with Crippen molar-refractivity contribution in [1.82, 2.24) is 4.90 Å². The summed E-state index contributed by atoms with van der Waals surface area (Å²) in [6.45, 7) is 1.78. The average Bonchev–Trinajstić information content (AvgIpc) is 3.50. The second-order valence-electron chi connectivity index (χ2n) is 7.55. The van der Waals surface area contributed by atoms with Gasteiger partial charge < -0.3 is 19.0 Å². The number of carboxylic acids is 1. The number of halogens is 1. The molecule has 3 aromatic rings. The molecule has 1 N–H and O–H groups in total. The van der Waals surface area contributed by atoms with Crippen LogP contribution in [0.2, 0.25) is 5.02 Å². The van der Waals surface area contributed by atoms with Crippen molar-refractivity contribution in [1.29, 1.82) is 0 Å². The van der Waals surface area contributed by atoms with Crippen LogP contribution in [-0.4, -0.2) is 33.9 Å². The van der Waals surface area contributed by atoms with Crippen molar-refractivity contribution in [2.24, 2.45) is 0 Å². The fourth-order valence-electron chi connectivity index (χ4n) is 3.73. The topological polar surface area (TPSA) is 106 Å². The van der Waals surface area contributed by atoms with Gasteiger partial charge in [0, 0.05) is 22.7 Å². The zero-order chi connectivity index (χ0) is 24.0. The molecule has 0 saturated carbocycles. The highest BCUT2D eigenvalue weighted by Gasteiger charge is 2.36. The zero-order valence-corrected chi connectivity index (χ0v) is 19.2. The molecule has 0 radical (unpaired) electrons. The molecule has 0 aliphatic carbocycles. The predicted molar refractivity (Wildman–Crippen MR) is 125 cm³/mol. The SMILES string of the molecule is Cc1c(C(=O)O)cccc1-c1ccc(/C=C2/SC(=O)N(Cc3cc4c(cc3Cl)OCO4)C2=O)o1. The molecule has 2 amide bonds. The predicted octanol–water partition coefficient (Wildman–Crippen LogP) is 5.57. The number of amides is 2. The van der Waals surface area contributed by atoms with Crippen molar-refractivity contribution in [3.63, 3.8) is 0 Å². The number of carbonyl (C=O) groups is 3. The summed E-state index contributed by atoms with van der Waals surface area (Å²) in [6, 6.07) is 11.5. The molecule has 34 heavy (non-hydrogen) atoms. The van der Waals surface area contributed by atoms with Crippen molar-refractivity contribution < 1.29 is 33.4 Å². The van der Waals surface area contributed by atoms with Crippen molar-refractivity contribution in [3.8, 4) is 22.8 Å². The molecule has 2 aromatic carbocycles. The molecule has 1 fully saturated rings. The summed E-state index contributed by atoms with van der Waals surface area (Å²) in [6.07, 6.45) is 1.49. The van der Waals surface area contributed by atoms with Crippen LogP contribution in [0.25, 0.3) is 17.4 Å². The van der Waals surface area contributed by atoms with E-state index in [1.54, 1.807) is 43.3 Å². The first-order chi connectivity index (χ1) is 16.3. The number of hydrogen-bond donors (Lipinski definition) is 1. The van der Waals surface area contributed by atoms with E-state index in [0.29, 0.717) is 44.7 Å². The summed E-state index contributed by atoms with van der Waals surface area (Å²) in [4.78, 5) is 38.2. The van der Waals surface area contributed by atoms with Gasteiger partial charge in [0.25, 0.3) is 11.1 Å². The molecular weight excluding hydrogens is 482 g/mol. The summed E-state index contributed by atoms with van der Waals surface area (Å²) in [5, 5.41) is 9.28. The van der Waals surface area contributed by atoms with Crippen LogP contribution in [0.15, 0.2) is 51.8 Å². The molecule has 2 aliphatic rings. The van der Waals surface area contributed by atoms with Gasteiger partial charge in [-0.15, -0.1) is 0 Å². The lowest BCUT2D eigenvalue weighted by molar-refractivity contribution is -0.123. The highest BCUT2D eigenvalue weighted by atomic mass is 35.5. The smallest absolute Gasteiger partial charge is 0.335 e. The van der Waals surface area contributed by atoms with Crippen molar-refractivity contribution in [2.75, 3.05) is 6.79 Å². The molecular formula is C24H16ClNO7S. The third-order valence-electron chi connectivity index (χ3n) is 5.47. The number of aromatic carboxylic acids is 1. The Labute approximate surface area is 202 Å². The van der Waals surface area contributed by atoms with Gasteiger partial charge in [0.2, 0.25) is 6.79 Å². The monoisotopic (exact) mass is 497 g/mol. The van der Waals surface area contributed by atoms with E-state index in [-0.39, 0.29) is 23.8 Å². The molecule has 2 aliphatic heterocycles. The molecule has 0 spiro atoms. The number of fused-ring (bicyclic) bond motifs is 1. The summed E-state index contributed by atoms with van der Waals surface area (Å²) >= 11 is 7.10. The molecule has 10 heteroatoms. The largest absolute Gasteiger partial charge is 0.478 e. The number of hydrogen-bond acceptors (Lipinski definition) is 7. The van der Waals surface area contributed by atoms with Gasteiger partial charge in [-0.3, -0.25) is 14.5 Å². The minimum Gasteiger partial charge on any atom is -0.478 e. The summed E-state index contributed by atoms with van der Waals surface area (Å²) in [7, 11) is 0. The number of thioether (sulfide) groups is 1. The van der Waals surface area contributed by atoms with Crippen molar-refractivity contribution in [3.05, 3.63) is 74.8 Å². The van der Waals surface area contributed by atoms with Crippen LogP contribution in [-0.2, 0) is 11.3 Å². The van der Waals surface area contributed by atoms with E-state index in [4.69, 9.17) is 25.5 Å². The third-order valence-corrected chi connectivity index (χ3v) is 6.73. The Kier molecular flexibility index (Phi) is 5.59. The first-order valence-corrected chi connectivity index (χ1v) is 11.3. The van der Waals surface area contributed by atoms with Gasteiger partial charge in [0.15, 0.2) is 11.5 Å². The lowest BCUT2D eigenvalue weighted by Crippen LogP contribution is -2.27. The molecule has 0 atom stereocenters.